The number of amides is 1. The fourth-order valence-corrected chi connectivity index (χ4v) is 4.58. The van der Waals surface area contributed by atoms with Gasteiger partial charge in [-0.25, -0.2) is 19.3 Å². The average molecular weight is 404 g/mol. The van der Waals surface area contributed by atoms with Crippen molar-refractivity contribution in [2.24, 2.45) is 5.92 Å². The van der Waals surface area contributed by atoms with Crippen molar-refractivity contribution in [3.8, 4) is 11.4 Å². The maximum atomic E-state index is 14.8. The van der Waals surface area contributed by atoms with Gasteiger partial charge in [-0.1, -0.05) is 12.1 Å². The summed E-state index contributed by atoms with van der Waals surface area (Å²) in [6.45, 7) is 2.52. The first kappa shape index (κ1) is 18.6. The van der Waals surface area contributed by atoms with Crippen LogP contribution >= 0.6 is 0 Å². The van der Waals surface area contributed by atoms with Crippen LogP contribution in [0.1, 0.15) is 28.9 Å². The minimum Gasteiger partial charge on any atom is -0.364 e. The van der Waals surface area contributed by atoms with Gasteiger partial charge >= 0.3 is 0 Å². The van der Waals surface area contributed by atoms with Crippen LogP contribution in [0.2, 0.25) is 0 Å². The maximum absolute atomic E-state index is 14.8. The number of nitrogens with zero attached hydrogens (tertiary/aromatic N) is 5. The highest BCUT2D eigenvalue weighted by atomic mass is 19.1. The highest BCUT2D eigenvalue weighted by molar-refractivity contribution is 6.00. The molecule has 0 radical (unpaired) electrons. The molecule has 7 nitrogen and oxygen atoms in total. The lowest BCUT2D eigenvalue weighted by atomic mass is 10.0. The van der Waals surface area contributed by atoms with E-state index in [0.717, 1.165) is 18.5 Å². The van der Waals surface area contributed by atoms with Crippen molar-refractivity contribution in [3.63, 3.8) is 0 Å². The molecular formula is C22H21FN6O. The maximum Gasteiger partial charge on any atom is 0.257 e. The third-order valence-corrected chi connectivity index (χ3v) is 5.89. The van der Waals surface area contributed by atoms with Gasteiger partial charge in [0.2, 0.25) is 0 Å². The number of likely N-dealkylation sites (tertiary alicyclic amines) is 1. The Morgan fingerprint density at radius 1 is 1.10 bits per heavy atom. The van der Waals surface area contributed by atoms with Crippen molar-refractivity contribution in [1.82, 2.24) is 24.8 Å². The van der Waals surface area contributed by atoms with E-state index in [9.17, 15) is 9.18 Å². The summed E-state index contributed by atoms with van der Waals surface area (Å²) in [5.74, 6) is 0.549. The zero-order chi connectivity index (χ0) is 20.7. The second-order valence-electron chi connectivity index (χ2n) is 7.89. The van der Waals surface area contributed by atoms with E-state index in [0.29, 0.717) is 29.7 Å². The number of piperidine rings is 1. The van der Waals surface area contributed by atoms with Gasteiger partial charge in [0.1, 0.15) is 11.6 Å². The Kier molecular flexibility index (Phi) is 4.61. The molecule has 3 atom stereocenters. The van der Waals surface area contributed by atoms with E-state index in [-0.39, 0.29) is 23.6 Å². The summed E-state index contributed by atoms with van der Waals surface area (Å²) in [7, 11) is 0. The zero-order valence-corrected chi connectivity index (χ0v) is 16.5. The first-order chi connectivity index (χ1) is 14.6. The van der Waals surface area contributed by atoms with E-state index < -0.39 is 5.82 Å². The number of aryl methyl sites for hydroxylation is 1. The van der Waals surface area contributed by atoms with Crippen LogP contribution in [0.4, 0.5) is 10.2 Å². The largest absolute Gasteiger partial charge is 0.364 e. The number of hydrogen-bond donors (Lipinski definition) is 1. The molecule has 5 rings (SSSR count). The van der Waals surface area contributed by atoms with Crippen LogP contribution in [0.25, 0.3) is 11.4 Å². The predicted molar refractivity (Wildman–Crippen MR) is 109 cm³/mol. The Balaban J connectivity index is 1.43. The van der Waals surface area contributed by atoms with Crippen LogP contribution in [0.3, 0.4) is 0 Å². The van der Waals surface area contributed by atoms with Crippen molar-refractivity contribution in [1.29, 1.82) is 0 Å². The molecule has 2 bridgehead atoms. The van der Waals surface area contributed by atoms with E-state index in [1.807, 2.05) is 6.92 Å². The van der Waals surface area contributed by atoms with Gasteiger partial charge in [0.15, 0.2) is 5.82 Å². The molecule has 152 valence electrons. The van der Waals surface area contributed by atoms with Gasteiger partial charge in [-0.2, -0.15) is 0 Å². The quantitative estimate of drug-likeness (QED) is 0.719. The zero-order valence-electron chi connectivity index (χ0n) is 16.5. The lowest BCUT2D eigenvalue weighted by Gasteiger charge is -2.34. The number of halogens is 1. The van der Waals surface area contributed by atoms with Gasteiger partial charge in [-0.15, -0.1) is 0 Å². The van der Waals surface area contributed by atoms with E-state index in [4.69, 9.17) is 0 Å². The number of anilines is 1. The molecule has 1 N–H and O–H groups in total. The third kappa shape index (κ3) is 3.28. The molecule has 2 aromatic heterocycles. The molecule has 3 unspecified atom stereocenters. The van der Waals surface area contributed by atoms with Crippen LogP contribution in [-0.4, -0.2) is 49.4 Å². The standard InChI is InChI=1S/C22H21FN6O/c1-13-10-27-19(11-26-13)28-17-8-14-9-18(17)29(12-14)22(30)20-15(4-2-5-16(20)23)21-24-6-3-7-25-21/h2-7,10-11,14,17-18H,8-9,12H2,1H3,(H,27,28). The number of benzene rings is 1. The Morgan fingerprint density at radius 3 is 2.67 bits per heavy atom. The number of hydrogen-bond acceptors (Lipinski definition) is 6. The van der Waals surface area contributed by atoms with E-state index >= 15 is 0 Å². The molecule has 2 fully saturated rings. The summed E-state index contributed by atoms with van der Waals surface area (Å²) >= 11 is 0. The number of rotatable bonds is 4. The van der Waals surface area contributed by atoms with Crippen LogP contribution in [-0.2, 0) is 0 Å². The number of fused-ring (bicyclic) bond motifs is 2. The summed E-state index contributed by atoms with van der Waals surface area (Å²) in [4.78, 5) is 32.3. The first-order valence-electron chi connectivity index (χ1n) is 10.0. The second kappa shape index (κ2) is 7.44. The molecule has 0 spiro atoms. The van der Waals surface area contributed by atoms with Crippen molar-refractivity contribution in [2.45, 2.75) is 31.8 Å². The molecule has 1 saturated carbocycles. The highest BCUT2D eigenvalue weighted by Gasteiger charge is 2.47. The fourth-order valence-electron chi connectivity index (χ4n) is 4.58. The van der Waals surface area contributed by atoms with E-state index in [1.54, 1.807) is 47.9 Å². The molecule has 1 aliphatic heterocycles. The van der Waals surface area contributed by atoms with Gasteiger partial charge in [0.05, 0.1) is 29.7 Å². The summed E-state index contributed by atoms with van der Waals surface area (Å²) in [6, 6.07) is 6.31. The highest BCUT2D eigenvalue weighted by Crippen LogP contribution is 2.40. The fraction of sp³-hybridized carbons (Fsp3) is 0.318. The molecule has 1 aromatic carbocycles. The molecule has 2 aliphatic rings. The van der Waals surface area contributed by atoms with Crippen LogP contribution < -0.4 is 5.32 Å². The van der Waals surface area contributed by atoms with Crippen molar-refractivity contribution in [2.75, 3.05) is 11.9 Å². The monoisotopic (exact) mass is 404 g/mol. The molecule has 30 heavy (non-hydrogen) atoms. The SMILES string of the molecule is Cc1cnc(NC2CC3CC2N(C(=O)c2c(F)cccc2-c2ncccn2)C3)cn1. The Bertz CT molecular complexity index is 1070. The molecule has 3 aromatic rings. The number of aromatic nitrogens is 4. The van der Waals surface area contributed by atoms with Crippen molar-refractivity contribution >= 4 is 11.7 Å². The van der Waals surface area contributed by atoms with Crippen LogP contribution in [0.5, 0.6) is 0 Å². The minimum atomic E-state index is -0.554. The van der Waals surface area contributed by atoms with Gasteiger partial charge < -0.3 is 10.2 Å². The number of carbonyl (C=O) groups is 1. The number of carbonyl (C=O) groups excluding carboxylic acids is 1. The average Bonchev–Trinajstić information content (AvgIpc) is 3.36. The van der Waals surface area contributed by atoms with Crippen molar-refractivity contribution < 1.29 is 9.18 Å². The predicted octanol–water partition coefficient (Wildman–Crippen LogP) is 3.10. The molecule has 3 heterocycles. The molecule has 8 heteroatoms. The molecule has 1 amide bonds. The minimum absolute atomic E-state index is 0.0187. The van der Waals surface area contributed by atoms with Crippen LogP contribution in [0.15, 0.2) is 49.1 Å². The Labute approximate surface area is 173 Å². The summed E-state index contributed by atoms with van der Waals surface area (Å²) in [6.07, 6.45) is 8.44. The summed E-state index contributed by atoms with van der Waals surface area (Å²) in [5.41, 5.74) is 1.29. The molecular weight excluding hydrogens is 383 g/mol. The lowest BCUT2D eigenvalue weighted by Crippen LogP contribution is -2.48. The van der Waals surface area contributed by atoms with Gasteiger partial charge in [-0.05, 0) is 37.8 Å². The molecule has 1 saturated heterocycles. The molecule has 1 aliphatic carbocycles. The first-order valence-corrected chi connectivity index (χ1v) is 10.0. The van der Waals surface area contributed by atoms with Crippen molar-refractivity contribution in [3.05, 3.63) is 66.1 Å². The summed E-state index contributed by atoms with van der Waals surface area (Å²) in [5, 5.41) is 3.41. The van der Waals surface area contributed by atoms with Gasteiger partial charge in [0, 0.05) is 30.5 Å². The Morgan fingerprint density at radius 2 is 1.93 bits per heavy atom. The smallest absolute Gasteiger partial charge is 0.257 e. The normalized spacial score (nSPS) is 22.3. The van der Waals surface area contributed by atoms with E-state index in [1.165, 1.54) is 6.07 Å². The third-order valence-electron chi connectivity index (χ3n) is 5.89. The number of nitrogens with one attached hydrogen (secondary N) is 1. The van der Waals surface area contributed by atoms with Crippen LogP contribution in [0, 0.1) is 18.7 Å². The summed E-state index contributed by atoms with van der Waals surface area (Å²) < 4.78 is 14.8. The lowest BCUT2D eigenvalue weighted by molar-refractivity contribution is 0.0688. The second-order valence-corrected chi connectivity index (χ2v) is 7.89. The topological polar surface area (TPSA) is 83.9 Å². The van der Waals surface area contributed by atoms with Gasteiger partial charge in [-0.3, -0.25) is 9.78 Å². The van der Waals surface area contributed by atoms with E-state index in [2.05, 4.69) is 25.3 Å². The van der Waals surface area contributed by atoms with Gasteiger partial charge in [0.25, 0.3) is 5.91 Å². The Hall–Kier alpha value is -3.42.